The second-order valence-electron chi connectivity index (χ2n) is 5.99. The van der Waals surface area contributed by atoms with Gasteiger partial charge in [0.15, 0.2) is 0 Å². The Labute approximate surface area is 134 Å². The van der Waals surface area contributed by atoms with Crippen LogP contribution in [0.4, 0.5) is 5.69 Å². The Balaban J connectivity index is 1.87. The number of rotatable bonds is 5. The third-order valence-electron chi connectivity index (χ3n) is 4.13. The molecule has 124 valence electrons. The molecule has 0 atom stereocenters. The predicted molar refractivity (Wildman–Crippen MR) is 84.0 cm³/mol. The van der Waals surface area contributed by atoms with Crippen LogP contribution in [0.5, 0.6) is 0 Å². The highest BCUT2D eigenvalue weighted by Crippen LogP contribution is 2.32. The van der Waals surface area contributed by atoms with E-state index in [2.05, 4.69) is 0 Å². The number of aliphatic carboxylic acids is 1. The Morgan fingerprint density at radius 2 is 2.04 bits per heavy atom. The van der Waals surface area contributed by atoms with E-state index < -0.39 is 16.0 Å². The van der Waals surface area contributed by atoms with Crippen LogP contribution < -0.4 is 4.31 Å². The van der Waals surface area contributed by atoms with Crippen molar-refractivity contribution in [3.63, 3.8) is 0 Å². The van der Waals surface area contributed by atoms with Gasteiger partial charge in [0, 0.05) is 18.2 Å². The second kappa shape index (κ2) is 5.52. The molecule has 0 saturated heterocycles. The van der Waals surface area contributed by atoms with Crippen LogP contribution in [0.15, 0.2) is 18.2 Å². The Morgan fingerprint density at radius 3 is 2.61 bits per heavy atom. The van der Waals surface area contributed by atoms with Crippen molar-refractivity contribution >= 4 is 27.6 Å². The standard InChI is InChI=1S/C15H18N2O5S/c1-23(21,22)17-7-6-10-8-11(2-5-13(10)17)15(20)16(9-14(18)19)12-3-4-12/h2,5,8,12H,3-4,6-7,9H2,1H3,(H,18,19). The molecule has 1 aromatic carbocycles. The van der Waals surface area contributed by atoms with Crippen molar-refractivity contribution in [1.29, 1.82) is 0 Å². The van der Waals surface area contributed by atoms with Crippen molar-refractivity contribution < 1.29 is 23.1 Å². The van der Waals surface area contributed by atoms with E-state index in [1.807, 2.05) is 0 Å². The number of carbonyl (C=O) groups is 2. The average Bonchev–Trinajstić information content (AvgIpc) is 3.20. The van der Waals surface area contributed by atoms with Crippen LogP contribution in [0.2, 0.25) is 0 Å². The SMILES string of the molecule is CS(=O)(=O)N1CCc2cc(C(=O)N(CC(=O)O)C3CC3)ccc21. The van der Waals surface area contributed by atoms with Crippen LogP contribution >= 0.6 is 0 Å². The van der Waals surface area contributed by atoms with E-state index in [-0.39, 0.29) is 18.5 Å². The highest BCUT2D eigenvalue weighted by atomic mass is 32.2. The van der Waals surface area contributed by atoms with Crippen molar-refractivity contribution in [2.75, 3.05) is 23.7 Å². The summed E-state index contributed by atoms with van der Waals surface area (Å²) in [5, 5.41) is 8.97. The third-order valence-corrected chi connectivity index (χ3v) is 5.31. The van der Waals surface area contributed by atoms with E-state index >= 15 is 0 Å². The number of hydrogen-bond acceptors (Lipinski definition) is 4. The summed E-state index contributed by atoms with van der Waals surface area (Å²) in [6, 6.07) is 4.88. The zero-order valence-corrected chi connectivity index (χ0v) is 13.5. The molecular weight excluding hydrogens is 320 g/mol. The van der Waals surface area contributed by atoms with Gasteiger partial charge >= 0.3 is 5.97 Å². The van der Waals surface area contributed by atoms with Gasteiger partial charge in [0.05, 0.1) is 11.9 Å². The molecule has 1 fully saturated rings. The molecular formula is C15H18N2O5S. The summed E-state index contributed by atoms with van der Waals surface area (Å²) in [6.45, 7) is 0.0589. The number of carbonyl (C=O) groups excluding carboxylic acids is 1. The maximum atomic E-state index is 12.6. The van der Waals surface area contributed by atoms with E-state index in [0.29, 0.717) is 24.2 Å². The molecule has 1 aliphatic heterocycles. The largest absolute Gasteiger partial charge is 0.480 e. The first-order chi connectivity index (χ1) is 10.8. The number of amides is 1. The van der Waals surface area contributed by atoms with Gasteiger partial charge in [-0.15, -0.1) is 0 Å². The van der Waals surface area contributed by atoms with Crippen LogP contribution in [0, 0.1) is 0 Å². The Kier molecular flexibility index (Phi) is 3.79. The zero-order valence-electron chi connectivity index (χ0n) is 12.7. The van der Waals surface area contributed by atoms with Gasteiger partial charge in [0.2, 0.25) is 10.0 Å². The topological polar surface area (TPSA) is 95.0 Å². The first-order valence-electron chi connectivity index (χ1n) is 7.41. The van der Waals surface area contributed by atoms with Crippen molar-refractivity contribution in [1.82, 2.24) is 4.90 Å². The smallest absolute Gasteiger partial charge is 0.323 e. The van der Waals surface area contributed by atoms with Gasteiger partial charge in [-0.2, -0.15) is 0 Å². The van der Waals surface area contributed by atoms with E-state index in [1.54, 1.807) is 18.2 Å². The van der Waals surface area contributed by atoms with Crippen molar-refractivity contribution in [3.05, 3.63) is 29.3 Å². The first kappa shape index (κ1) is 15.8. The lowest BCUT2D eigenvalue weighted by Crippen LogP contribution is -2.37. The maximum absolute atomic E-state index is 12.6. The van der Waals surface area contributed by atoms with Gasteiger partial charge in [-0.3, -0.25) is 13.9 Å². The Hall–Kier alpha value is -2.09. The molecule has 3 rings (SSSR count). The maximum Gasteiger partial charge on any atom is 0.323 e. The molecule has 0 bridgehead atoms. The number of fused-ring (bicyclic) bond motifs is 1. The normalized spacial score (nSPS) is 17.0. The summed E-state index contributed by atoms with van der Waals surface area (Å²) < 4.78 is 24.8. The molecule has 1 heterocycles. The monoisotopic (exact) mass is 338 g/mol. The molecule has 1 amide bonds. The van der Waals surface area contributed by atoms with Crippen LogP contribution in [0.3, 0.4) is 0 Å². The minimum Gasteiger partial charge on any atom is -0.480 e. The van der Waals surface area contributed by atoms with Crippen LogP contribution in [0.25, 0.3) is 0 Å². The molecule has 1 N–H and O–H groups in total. The van der Waals surface area contributed by atoms with Crippen molar-refractivity contribution in [2.45, 2.75) is 25.3 Å². The summed E-state index contributed by atoms with van der Waals surface area (Å²) in [5.74, 6) is -1.34. The fourth-order valence-corrected chi connectivity index (χ4v) is 3.87. The fraction of sp³-hybridized carbons (Fsp3) is 0.467. The summed E-state index contributed by atoms with van der Waals surface area (Å²) >= 11 is 0. The molecule has 7 nitrogen and oxygen atoms in total. The minimum atomic E-state index is -3.32. The molecule has 0 unspecified atom stereocenters. The number of carboxylic acids is 1. The van der Waals surface area contributed by atoms with E-state index in [1.165, 1.54) is 9.21 Å². The second-order valence-corrected chi connectivity index (χ2v) is 7.89. The molecule has 8 heteroatoms. The van der Waals surface area contributed by atoms with Gasteiger partial charge in [0.25, 0.3) is 5.91 Å². The summed E-state index contributed by atoms with van der Waals surface area (Å²) in [6.07, 6.45) is 3.35. The molecule has 2 aliphatic rings. The fourth-order valence-electron chi connectivity index (χ4n) is 2.91. The molecule has 1 aliphatic carbocycles. The molecule has 0 radical (unpaired) electrons. The van der Waals surface area contributed by atoms with Crippen LogP contribution in [0.1, 0.15) is 28.8 Å². The van der Waals surface area contributed by atoms with Gasteiger partial charge in [-0.1, -0.05) is 0 Å². The van der Waals surface area contributed by atoms with Crippen molar-refractivity contribution in [3.8, 4) is 0 Å². The van der Waals surface area contributed by atoms with E-state index in [9.17, 15) is 18.0 Å². The number of benzene rings is 1. The lowest BCUT2D eigenvalue weighted by molar-refractivity contribution is -0.137. The predicted octanol–water partition coefficient (Wildman–Crippen LogP) is 0.698. The van der Waals surface area contributed by atoms with Crippen LogP contribution in [-0.2, 0) is 21.2 Å². The number of nitrogens with zero attached hydrogens (tertiary/aromatic N) is 2. The van der Waals surface area contributed by atoms with E-state index in [4.69, 9.17) is 5.11 Å². The number of carboxylic acid groups (broad SMARTS) is 1. The molecule has 0 spiro atoms. The average molecular weight is 338 g/mol. The minimum absolute atomic E-state index is 0.000581. The molecule has 1 aromatic rings. The third kappa shape index (κ3) is 3.17. The quantitative estimate of drug-likeness (QED) is 0.853. The van der Waals surface area contributed by atoms with Crippen LogP contribution in [-0.4, -0.2) is 55.7 Å². The lowest BCUT2D eigenvalue weighted by atomic mass is 10.1. The number of sulfonamides is 1. The van der Waals surface area contributed by atoms with Gasteiger partial charge < -0.3 is 10.0 Å². The molecule has 0 aromatic heterocycles. The van der Waals surface area contributed by atoms with Gasteiger partial charge in [0.1, 0.15) is 6.54 Å². The molecule has 23 heavy (non-hydrogen) atoms. The summed E-state index contributed by atoms with van der Waals surface area (Å²) in [7, 11) is -3.32. The van der Waals surface area contributed by atoms with E-state index in [0.717, 1.165) is 24.7 Å². The van der Waals surface area contributed by atoms with Gasteiger partial charge in [-0.25, -0.2) is 8.42 Å². The summed E-state index contributed by atoms with van der Waals surface area (Å²) in [4.78, 5) is 24.9. The Morgan fingerprint density at radius 1 is 1.35 bits per heavy atom. The first-order valence-corrected chi connectivity index (χ1v) is 9.25. The van der Waals surface area contributed by atoms with Gasteiger partial charge in [-0.05, 0) is 43.0 Å². The highest BCUT2D eigenvalue weighted by molar-refractivity contribution is 7.92. The summed E-state index contributed by atoms with van der Waals surface area (Å²) in [5.41, 5.74) is 1.81. The lowest BCUT2D eigenvalue weighted by Gasteiger charge is -2.21. The molecule has 1 saturated carbocycles. The highest BCUT2D eigenvalue weighted by Gasteiger charge is 2.35. The number of anilines is 1. The number of hydrogen-bond donors (Lipinski definition) is 1. The Bertz CT molecular complexity index is 770. The van der Waals surface area contributed by atoms with Crippen molar-refractivity contribution in [2.24, 2.45) is 0 Å². The zero-order chi connectivity index (χ0) is 16.8.